The van der Waals surface area contributed by atoms with Gasteiger partial charge in [-0.25, -0.2) is 0 Å². The number of hydrogen-bond donors (Lipinski definition) is 1. The highest BCUT2D eigenvalue weighted by atomic mass is 15.0. The van der Waals surface area contributed by atoms with E-state index in [4.69, 9.17) is 0 Å². The SMILES string of the molecule is CC1(C)c2ccccc2-c2cc(-c3cc(C(c4ccccc4)c4ccccc4)c4c5ccccc5n5c4c3Bc3ccccc3-5)c(Nc3ccccc3)cc21. The Hall–Kier alpha value is -6.58. The second kappa shape index (κ2) is 12.2. The fourth-order valence-corrected chi connectivity index (χ4v) is 9.82. The topological polar surface area (TPSA) is 17.0 Å². The summed E-state index contributed by atoms with van der Waals surface area (Å²) in [7, 11) is 0.851. The molecule has 3 heteroatoms. The van der Waals surface area contributed by atoms with Crippen molar-refractivity contribution in [1.82, 2.24) is 4.57 Å². The van der Waals surface area contributed by atoms with Crippen molar-refractivity contribution in [3.63, 3.8) is 0 Å². The maximum atomic E-state index is 3.95. The standard InChI is InChI=1S/C52H39BN2/c1-52(2)42-26-14-12-24-36(42)38-30-39(45(32-43(38)52)54-35-22-10-5-11-23-35)40-31-41(48(33-18-6-3-7-19-33)34-20-8-4-9-21-34)49-37-25-13-16-28-46(37)55-47-29-17-15-27-44(47)53-50(40)51(49)55/h3-32,48,53-54H,1-2H3. The van der Waals surface area contributed by atoms with Crippen LogP contribution in [0.4, 0.5) is 11.4 Å². The zero-order chi connectivity index (χ0) is 36.7. The van der Waals surface area contributed by atoms with Crippen molar-refractivity contribution in [3.8, 4) is 27.9 Å². The van der Waals surface area contributed by atoms with Gasteiger partial charge in [-0.2, -0.15) is 0 Å². The van der Waals surface area contributed by atoms with Crippen LogP contribution in [-0.4, -0.2) is 11.8 Å². The Morgan fingerprint density at radius 2 is 1.18 bits per heavy atom. The zero-order valence-corrected chi connectivity index (χ0v) is 31.1. The first-order chi connectivity index (χ1) is 27.1. The third-order valence-electron chi connectivity index (χ3n) is 12.3. The van der Waals surface area contributed by atoms with E-state index < -0.39 is 0 Å². The quantitative estimate of drug-likeness (QED) is 0.135. The first kappa shape index (κ1) is 31.9. The fourth-order valence-electron chi connectivity index (χ4n) is 9.82. The minimum Gasteiger partial charge on any atom is -0.355 e. The summed E-state index contributed by atoms with van der Waals surface area (Å²) >= 11 is 0. The largest absolute Gasteiger partial charge is 0.355 e. The van der Waals surface area contributed by atoms with E-state index in [1.165, 1.54) is 88.5 Å². The van der Waals surface area contributed by atoms with Crippen LogP contribution in [-0.2, 0) is 5.41 Å². The van der Waals surface area contributed by atoms with Gasteiger partial charge in [0.05, 0.1) is 5.52 Å². The molecule has 11 rings (SSSR count). The van der Waals surface area contributed by atoms with Crippen molar-refractivity contribution in [3.05, 3.63) is 210 Å². The van der Waals surface area contributed by atoms with Gasteiger partial charge in [-0.3, -0.25) is 0 Å². The lowest BCUT2D eigenvalue weighted by Crippen LogP contribution is -2.37. The Bertz CT molecular complexity index is 2900. The highest BCUT2D eigenvalue weighted by molar-refractivity contribution is 6.73. The lowest BCUT2D eigenvalue weighted by atomic mass is 9.58. The van der Waals surface area contributed by atoms with Crippen LogP contribution < -0.4 is 16.2 Å². The Kier molecular flexibility index (Phi) is 7.09. The van der Waals surface area contributed by atoms with E-state index in [1.54, 1.807) is 0 Å². The van der Waals surface area contributed by atoms with Gasteiger partial charge in [0.15, 0.2) is 7.28 Å². The van der Waals surface area contributed by atoms with E-state index in [0.29, 0.717) is 0 Å². The maximum absolute atomic E-state index is 3.95. The fraction of sp³-hybridized carbons (Fsp3) is 0.0769. The van der Waals surface area contributed by atoms with Crippen LogP contribution in [0.25, 0.3) is 49.7 Å². The van der Waals surface area contributed by atoms with Crippen LogP contribution in [0, 0.1) is 0 Å². The molecule has 260 valence electrons. The Balaban J connectivity index is 1.31. The molecule has 0 radical (unpaired) electrons. The van der Waals surface area contributed by atoms with Crippen LogP contribution in [0.3, 0.4) is 0 Å². The molecule has 8 aromatic carbocycles. The Morgan fingerprint density at radius 1 is 0.545 bits per heavy atom. The molecule has 2 heterocycles. The summed E-state index contributed by atoms with van der Waals surface area (Å²) in [6, 6.07) is 67.4. The van der Waals surface area contributed by atoms with Crippen molar-refractivity contribution < 1.29 is 0 Å². The minimum absolute atomic E-state index is 0.0197. The number of nitrogens with one attached hydrogen (secondary N) is 1. The van der Waals surface area contributed by atoms with Gasteiger partial charge >= 0.3 is 0 Å². The van der Waals surface area contributed by atoms with Gasteiger partial charge in [-0.15, -0.1) is 0 Å². The summed E-state index contributed by atoms with van der Waals surface area (Å²) in [4.78, 5) is 0. The van der Waals surface area contributed by atoms with Crippen LogP contribution in [0.1, 0.15) is 47.6 Å². The number of fused-ring (bicyclic) bond motifs is 8. The molecule has 0 unspecified atom stereocenters. The summed E-state index contributed by atoms with van der Waals surface area (Å²) in [5.74, 6) is 0.0197. The molecule has 0 amide bonds. The summed E-state index contributed by atoms with van der Waals surface area (Å²) in [6.45, 7) is 4.74. The lowest BCUT2D eigenvalue weighted by Gasteiger charge is -2.28. The molecule has 9 aromatic rings. The van der Waals surface area contributed by atoms with E-state index in [1.807, 2.05) is 0 Å². The molecule has 0 saturated heterocycles. The molecule has 0 saturated carbocycles. The molecular weight excluding hydrogens is 663 g/mol. The molecule has 1 N–H and O–H groups in total. The van der Waals surface area contributed by atoms with E-state index in [-0.39, 0.29) is 11.3 Å². The van der Waals surface area contributed by atoms with Crippen molar-refractivity contribution in [2.45, 2.75) is 25.2 Å². The maximum Gasteiger partial charge on any atom is 0.198 e. The van der Waals surface area contributed by atoms with Crippen molar-refractivity contribution in [2.75, 3.05) is 5.32 Å². The smallest absolute Gasteiger partial charge is 0.198 e. The molecule has 0 atom stereocenters. The van der Waals surface area contributed by atoms with Gasteiger partial charge in [0, 0.05) is 50.2 Å². The predicted molar refractivity (Wildman–Crippen MR) is 234 cm³/mol. The van der Waals surface area contributed by atoms with E-state index in [9.17, 15) is 0 Å². The number of hydrogen-bond acceptors (Lipinski definition) is 1. The highest BCUT2D eigenvalue weighted by Crippen LogP contribution is 2.52. The number of rotatable bonds is 6. The van der Waals surface area contributed by atoms with Crippen LogP contribution in [0.15, 0.2) is 182 Å². The van der Waals surface area contributed by atoms with Gasteiger partial charge in [0.25, 0.3) is 0 Å². The Morgan fingerprint density at radius 3 is 1.95 bits per heavy atom. The van der Waals surface area contributed by atoms with Gasteiger partial charge in [-0.1, -0.05) is 159 Å². The average Bonchev–Trinajstić information content (AvgIpc) is 3.69. The minimum atomic E-state index is -0.127. The monoisotopic (exact) mass is 702 g/mol. The van der Waals surface area contributed by atoms with Gasteiger partial charge in [-0.05, 0) is 92.4 Å². The number of para-hydroxylation sites is 3. The molecule has 0 bridgehead atoms. The summed E-state index contributed by atoms with van der Waals surface area (Å²) in [5.41, 5.74) is 20.4. The van der Waals surface area contributed by atoms with Crippen molar-refractivity contribution in [1.29, 1.82) is 0 Å². The Labute approximate surface area is 323 Å². The molecule has 55 heavy (non-hydrogen) atoms. The number of anilines is 2. The first-order valence-corrected chi connectivity index (χ1v) is 19.4. The molecule has 2 aliphatic rings. The number of nitrogens with zero attached hydrogens (tertiary/aromatic N) is 1. The second-order valence-electron chi connectivity index (χ2n) is 15.7. The molecule has 1 aliphatic heterocycles. The van der Waals surface area contributed by atoms with Crippen LogP contribution >= 0.6 is 0 Å². The van der Waals surface area contributed by atoms with E-state index in [2.05, 4.69) is 206 Å². The van der Waals surface area contributed by atoms with Crippen molar-refractivity contribution >= 4 is 51.4 Å². The molecule has 2 nitrogen and oxygen atoms in total. The van der Waals surface area contributed by atoms with Crippen molar-refractivity contribution in [2.24, 2.45) is 0 Å². The van der Waals surface area contributed by atoms with Crippen LogP contribution in [0.2, 0.25) is 0 Å². The number of benzene rings is 8. The summed E-state index contributed by atoms with van der Waals surface area (Å²) < 4.78 is 2.56. The van der Waals surface area contributed by atoms with Crippen LogP contribution in [0.5, 0.6) is 0 Å². The average molecular weight is 703 g/mol. The molecule has 0 fully saturated rings. The molecule has 0 spiro atoms. The zero-order valence-electron chi connectivity index (χ0n) is 31.1. The molecule has 1 aliphatic carbocycles. The van der Waals surface area contributed by atoms with E-state index in [0.717, 1.165) is 18.7 Å². The normalized spacial score (nSPS) is 13.4. The summed E-state index contributed by atoms with van der Waals surface area (Å²) in [6.07, 6.45) is 0. The third kappa shape index (κ3) is 4.82. The van der Waals surface area contributed by atoms with Gasteiger partial charge in [0.1, 0.15) is 0 Å². The van der Waals surface area contributed by atoms with Gasteiger partial charge in [0.2, 0.25) is 0 Å². The lowest BCUT2D eigenvalue weighted by molar-refractivity contribution is 0.660. The molecule has 1 aromatic heterocycles. The van der Waals surface area contributed by atoms with E-state index >= 15 is 0 Å². The molecular formula is C52H39BN2. The third-order valence-corrected chi connectivity index (χ3v) is 12.3. The second-order valence-corrected chi connectivity index (χ2v) is 15.7. The number of aromatic nitrogens is 1. The van der Waals surface area contributed by atoms with Gasteiger partial charge < -0.3 is 9.88 Å². The predicted octanol–water partition coefficient (Wildman–Crippen LogP) is 11.4. The highest BCUT2D eigenvalue weighted by Gasteiger charge is 2.37. The first-order valence-electron chi connectivity index (χ1n) is 19.4. The summed E-state index contributed by atoms with van der Waals surface area (Å²) in [5, 5.41) is 6.58.